The van der Waals surface area contributed by atoms with Crippen molar-refractivity contribution in [2.75, 3.05) is 6.54 Å². The van der Waals surface area contributed by atoms with E-state index in [-0.39, 0.29) is 0 Å². The highest BCUT2D eigenvalue weighted by molar-refractivity contribution is 7.17. The molecular formula is C17H23NOS. The number of nitrogens with one attached hydrogen (secondary N) is 1. The molecule has 0 amide bonds. The van der Waals surface area contributed by atoms with E-state index in [1.165, 1.54) is 34.9 Å². The Morgan fingerprint density at radius 3 is 3.00 bits per heavy atom. The van der Waals surface area contributed by atoms with Crippen LogP contribution in [0.3, 0.4) is 0 Å². The molecule has 1 aliphatic heterocycles. The van der Waals surface area contributed by atoms with Crippen molar-refractivity contribution in [3.05, 3.63) is 35.2 Å². The first-order valence-electron chi connectivity index (χ1n) is 7.55. The number of aliphatic hydroxyl groups is 1. The molecule has 2 nitrogen and oxygen atoms in total. The lowest BCUT2D eigenvalue weighted by atomic mass is 9.87. The van der Waals surface area contributed by atoms with Crippen LogP contribution in [0.4, 0.5) is 0 Å². The van der Waals surface area contributed by atoms with Crippen LogP contribution < -0.4 is 5.32 Å². The van der Waals surface area contributed by atoms with E-state index in [9.17, 15) is 5.11 Å². The van der Waals surface area contributed by atoms with Crippen LogP contribution >= 0.6 is 11.3 Å². The van der Waals surface area contributed by atoms with Crippen molar-refractivity contribution in [2.24, 2.45) is 0 Å². The third-order valence-electron chi connectivity index (χ3n) is 4.23. The number of hydrogen-bond acceptors (Lipinski definition) is 3. The standard InChI is InChI=1S/C17H23NOS/c1-17(19,11-14-6-4-5-9-18-14)10-13-12-20-16-8-3-2-7-15(13)16/h2-3,7-8,12,14,18-19H,4-6,9-11H2,1H3. The molecule has 108 valence electrons. The maximum absolute atomic E-state index is 10.8. The molecule has 2 aromatic rings. The van der Waals surface area contributed by atoms with E-state index in [0.717, 1.165) is 19.4 Å². The smallest absolute Gasteiger partial charge is 0.0675 e. The zero-order valence-electron chi connectivity index (χ0n) is 12.1. The summed E-state index contributed by atoms with van der Waals surface area (Å²) in [7, 11) is 0. The molecule has 1 fully saturated rings. The third-order valence-corrected chi connectivity index (χ3v) is 5.24. The summed E-state index contributed by atoms with van der Waals surface area (Å²) in [5, 5.41) is 17.8. The fourth-order valence-corrected chi connectivity index (χ4v) is 4.24. The molecule has 0 saturated carbocycles. The Bertz CT molecular complexity index is 569. The molecule has 2 heterocycles. The number of hydrogen-bond donors (Lipinski definition) is 2. The van der Waals surface area contributed by atoms with Gasteiger partial charge in [0, 0.05) is 17.2 Å². The van der Waals surface area contributed by atoms with E-state index in [4.69, 9.17) is 0 Å². The van der Waals surface area contributed by atoms with Gasteiger partial charge >= 0.3 is 0 Å². The van der Waals surface area contributed by atoms with E-state index in [1.54, 1.807) is 11.3 Å². The Morgan fingerprint density at radius 1 is 1.35 bits per heavy atom. The lowest BCUT2D eigenvalue weighted by Gasteiger charge is -2.31. The summed E-state index contributed by atoms with van der Waals surface area (Å²) in [6.45, 7) is 3.08. The van der Waals surface area contributed by atoms with Crippen molar-refractivity contribution in [3.8, 4) is 0 Å². The Kier molecular flexibility index (Phi) is 4.11. The Balaban J connectivity index is 1.71. The number of thiophene rings is 1. The van der Waals surface area contributed by atoms with E-state index in [1.807, 2.05) is 6.92 Å². The quantitative estimate of drug-likeness (QED) is 0.899. The molecule has 1 aromatic heterocycles. The van der Waals surface area contributed by atoms with E-state index >= 15 is 0 Å². The highest BCUT2D eigenvalue weighted by Crippen LogP contribution is 2.30. The van der Waals surface area contributed by atoms with Crippen LogP contribution in [0.25, 0.3) is 10.1 Å². The summed E-state index contributed by atoms with van der Waals surface area (Å²) in [6.07, 6.45) is 5.34. The predicted molar refractivity (Wildman–Crippen MR) is 86.4 cm³/mol. The van der Waals surface area contributed by atoms with Gasteiger partial charge in [0.15, 0.2) is 0 Å². The van der Waals surface area contributed by atoms with Gasteiger partial charge in [0.1, 0.15) is 0 Å². The molecule has 0 bridgehead atoms. The predicted octanol–water partition coefficient (Wildman–Crippen LogP) is 3.73. The van der Waals surface area contributed by atoms with Crippen LogP contribution in [-0.4, -0.2) is 23.3 Å². The summed E-state index contributed by atoms with van der Waals surface area (Å²) in [4.78, 5) is 0. The van der Waals surface area contributed by atoms with Crippen molar-refractivity contribution in [1.82, 2.24) is 5.32 Å². The Labute approximate surface area is 124 Å². The monoisotopic (exact) mass is 289 g/mol. The first-order chi connectivity index (χ1) is 9.64. The van der Waals surface area contributed by atoms with Crippen molar-refractivity contribution in [3.63, 3.8) is 0 Å². The van der Waals surface area contributed by atoms with Crippen molar-refractivity contribution < 1.29 is 5.11 Å². The molecule has 0 radical (unpaired) electrons. The van der Waals surface area contributed by atoms with Gasteiger partial charge in [-0.25, -0.2) is 0 Å². The minimum atomic E-state index is -0.626. The molecule has 3 heteroatoms. The molecule has 2 N–H and O–H groups in total. The maximum Gasteiger partial charge on any atom is 0.0675 e. The largest absolute Gasteiger partial charge is 0.390 e. The first-order valence-corrected chi connectivity index (χ1v) is 8.43. The highest BCUT2D eigenvalue weighted by atomic mass is 32.1. The molecule has 0 spiro atoms. The van der Waals surface area contributed by atoms with E-state index in [0.29, 0.717) is 6.04 Å². The lowest BCUT2D eigenvalue weighted by Crippen LogP contribution is -2.41. The fourth-order valence-electron chi connectivity index (χ4n) is 3.28. The molecule has 1 saturated heterocycles. The average Bonchev–Trinajstić information content (AvgIpc) is 2.82. The fraction of sp³-hybridized carbons (Fsp3) is 0.529. The summed E-state index contributed by atoms with van der Waals surface area (Å²) in [5.41, 5.74) is 0.658. The van der Waals surface area contributed by atoms with E-state index in [2.05, 4.69) is 35.0 Å². The molecule has 20 heavy (non-hydrogen) atoms. The highest BCUT2D eigenvalue weighted by Gasteiger charge is 2.27. The summed E-state index contributed by atoms with van der Waals surface area (Å²) in [6, 6.07) is 8.95. The molecular weight excluding hydrogens is 266 g/mol. The molecule has 1 aliphatic rings. The average molecular weight is 289 g/mol. The van der Waals surface area contributed by atoms with Gasteiger partial charge in [-0.2, -0.15) is 0 Å². The van der Waals surface area contributed by atoms with Crippen molar-refractivity contribution in [2.45, 2.75) is 50.7 Å². The lowest BCUT2D eigenvalue weighted by molar-refractivity contribution is 0.0375. The van der Waals surface area contributed by atoms with Crippen molar-refractivity contribution in [1.29, 1.82) is 0 Å². The van der Waals surface area contributed by atoms with Gasteiger partial charge in [0.25, 0.3) is 0 Å². The van der Waals surface area contributed by atoms with Crippen LogP contribution in [0.2, 0.25) is 0 Å². The van der Waals surface area contributed by atoms with Gasteiger partial charge < -0.3 is 10.4 Å². The number of piperidine rings is 1. The van der Waals surface area contributed by atoms with Gasteiger partial charge in [-0.3, -0.25) is 0 Å². The van der Waals surface area contributed by atoms with Gasteiger partial charge in [0.2, 0.25) is 0 Å². The van der Waals surface area contributed by atoms with Gasteiger partial charge in [-0.05, 0) is 55.1 Å². The second-order valence-corrected chi connectivity index (χ2v) is 7.19. The molecule has 2 atom stereocenters. The van der Waals surface area contributed by atoms with Crippen molar-refractivity contribution >= 4 is 21.4 Å². The van der Waals surface area contributed by atoms with Crippen LogP contribution in [0, 0.1) is 0 Å². The van der Waals surface area contributed by atoms with Crippen LogP contribution in [0.15, 0.2) is 29.6 Å². The maximum atomic E-state index is 10.8. The number of benzene rings is 1. The summed E-state index contributed by atoms with van der Waals surface area (Å²) >= 11 is 1.77. The van der Waals surface area contributed by atoms with Crippen LogP contribution in [0.5, 0.6) is 0 Å². The number of fused-ring (bicyclic) bond motifs is 1. The van der Waals surface area contributed by atoms with Crippen LogP contribution in [-0.2, 0) is 6.42 Å². The zero-order chi connectivity index (χ0) is 14.0. The Morgan fingerprint density at radius 2 is 2.20 bits per heavy atom. The third kappa shape index (κ3) is 3.22. The van der Waals surface area contributed by atoms with Gasteiger partial charge in [-0.1, -0.05) is 24.6 Å². The SMILES string of the molecule is CC(O)(Cc1csc2ccccc12)CC1CCCCN1. The Hall–Kier alpha value is -0.900. The minimum Gasteiger partial charge on any atom is -0.390 e. The first kappa shape index (κ1) is 14.1. The zero-order valence-corrected chi connectivity index (χ0v) is 12.9. The van der Waals surface area contributed by atoms with E-state index < -0.39 is 5.60 Å². The van der Waals surface area contributed by atoms with Gasteiger partial charge in [-0.15, -0.1) is 11.3 Å². The minimum absolute atomic E-state index is 0.476. The summed E-state index contributed by atoms with van der Waals surface area (Å²) < 4.78 is 1.31. The van der Waals surface area contributed by atoms with Crippen LogP contribution in [0.1, 0.15) is 38.2 Å². The normalized spacial score (nSPS) is 22.8. The second kappa shape index (κ2) is 5.84. The molecule has 1 aromatic carbocycles. The second-order valence-electron chi connectivity index (χ2n) is 6.28. The molecule has 0 aliphatic carbocycles. The molecule has 3 rings (SSSR count). The molecule has 2 unspecified atom stereocenters. The topological polar surface area (TPSA) is 32.3 Å². The van der Waals surface area contributed by atoms with Gasteiger partial charge in [0.05, 0.1) is 5.60 Å². The number of rotatable bonds is 4. The summed E-state index contributed by atoms with van der Waals surface area (Å²) in [5.74, 6) is 0.